The van der Waals surface area contributed by atoms with E-state index in [9.17, 15) is 22.4 Å². The number of piperazine rings is 1. The van der Waals surface area contributed by atoms with Crippen molar-refractivity contribution in [2.75, 3.05) is 55.5 Å². The van der Waals surface area contributed by atoms with Gasteiger partial charge < -0.3 is 20.9 Å². The first kappa shape index (κ1) is 28.8. The quantitative estimate of drug-likeness (QED) is 0.292. The van der Waals surface area contributed by atoms with Gasteiger partial charge in [-0.3, -0.25) is 14.8 Å². The van der Waals surface area contributed by atoms with Gasteiger partial charge in [0.2, 0.25) is 0 Å². The summed E-state index contributed by atoms with van der Waals surface area (Å²) >= 11 is 0. The Kier molecular flexibility index (Phi) is 8.60. The minimum absolute atomic E-state index is 0.0455. The van der Waals surface area contributed by atoms with Gasteiger partial charge in [0, 0.05) is 68.1 Å². The van der Waals surface area contributed by atoms with E-state index in [1.54, 1.807) is 36.3 Å². The number of likely N-dealkylation sites (N-methyl/N-ethyl adjacent to an activating group) is 1. The number of hydrogen-bond donors (Lipinski definition) is 3. The van der Waals surface area contributed by atoms with Gasteiger partial charge in [0.1, 0.15) is 5.82 Å². The molecule has 1 amide bonds. The summed E-state index contributed by atoms with van der Waals surface area (Å²) in [7, 11) is 3.60. The van der Waals surface area contributed by atoms with E-state index in [1.165, 1.54) is 18.5 Å². The molecule has 1 aliphatic heterocycles. The van der Waals surface area contributed by atoms with Gasteiger partial charge in [0.25, 0.3) is 5.91 Å². The van der Waals surface area contributed by atoms with Crippen LogP contribution >= 0.6 is 0 Å². The summed E-state index contributed by atoms with van der Waals surface area (Å²) in [6, 6.07) is 9.73. The molecular formula is C28H31F4N7O. The lowest BCUT2D eigenvalue weighted by Gasteiger charge is -2.34. The summed E-state index contributed by atoms with van der Waals surface area (Å²) in [6.07, 6.45) is -0.562. The van der Waals surface area contributed by atoms with Gasteiger partial charge in [-0.1, -0.05) is 6.07 Å². The third kappa shape index (κ3) is 6.88. The molecule has 212 valence electrons. The maximum Gasteiger partial charge on any atom is 0.416 e. The number of halogens is 4. The summed E-state index contributed by atoms with van der Waals surface area (Å²) in [4.78, 5) is 21.0. The normalized spacial score (nSPS) is 14.8. The number of benzene rings is 2. The predicted molar refractivity (Wildman–Crippen MR) is 148 cm³/mol. The number of hydrogen-bond acceptors (Lipinski definition) is 7. The van der Waals surface area contributed by atoms with Gasteiger partial charge in [-0.25, -0.2) is 9.82 Å². The zero-order chi connectivity index (χ0) is 29.0. The molecule has 40 heavy (non-hydrogen) atoms. The van der Waals surface area contributed by atoms with Crippen LogP contribution in [-0.4, -0.2) is 56.1 Å². The fourth-order valence-electron chi connectivity index (χ4n) is 4.35. The largest absolute Gasteiger partial charge is 0.416 e. The molecule has 1 aromatic heterocycles. The maximum absolute atomic E-state index is 13.7. The summed E-state index contributed by atoms with van der Waals surface area (Å²) in [5, 5.41) is 4.19. The Hall–Kier alpha value is -4.16. The molecular weight excluding hydrogens is 526 g/mol. The van der Waals surface area contributed by atoms with Crippen LogP contribution in [0.5, 0.6) is 0 Å². The highest BCUT2D eigenvalue weighted by molar-refractivity contribution is 6.05. The SMILES string of the molecule is CNN(/C=C(\N)c1cncc(F)c1)c1cc(C(=O)Nc2cc(N3CCN(C)CC3)cc(C(F)(F)F)c2)ccc1C. The number of carbonyl (C=O) groups is 1. The first-order valence-electron chi connectivity index (χ1n) is 12.6. The summed E-state index contributed by atoms with van der Waals surface area (Å²) in [5.41, 5.74) is 10.9. The van der Waals surface area contributed by atoms with Crippen molar-refractivity contribution in [1.82, 2.24) is 15.3 Å². The Morgan fingerprint density at radius 1 is 1.05 bits per heavy atom. The second-order valence-corrected chi connectivity index (χ2v) is 9.58. The number of anilines is 3. The molecule has 1 fully saturated rings. The second-order valence-electron chi connectivity index (χ2n) is 9.58. The number of alkyl halides is 3. The molecule has 2 heterocycles. The lowest BCUT2D eigenvalue weighted by molar-refractivity contribution is -0.137. The average Bonchev–Trinajstić information content (AvgIpc) is 2.91. The van der Waals surface area contributed by atoms with Crippen molar-refractivity contribution in [3.05, 3.63) is 89.1 Å². The van der Waals surface area contributed by atoms with E-state index in [4.69, 9.17) is 5.73 Å². The molecule has 0 atom stereocenters. The number of aromatic nitrogens is 1. The van der Waals surface area contributed by atoms with E-state index in [1.807, 2.05) is 18.9 Å². The molecule has 8 nitrogen and oxygen atoms in total. The van der Waals surface area contributed by atoms with Gasteiger partial charge in [-0.15, -0.1) is 0 Å². The van der Waals surface area contributed by atoms with E-state index >= 15 is 0 Å². The molecule has 0 radical (unpaired) electrons. The first-order valence-corrected chi connectivity index (χ1v) is 12.6. The Morgan fingerprint density at radius 3 is 2.42 bits per heavy atom. The third-order valence-corrected chi connectivity index (χ3v) is 6.65. The van der Waals surface area contributed by atoms with Crippen molar-refractivity contribution in [3.8, 4) is 0 Å². The van der Waals surface area contributed by atoms with E-state index in [2.05, 4.69) is 20.6 Å². The lowest BCUT2D eigenvalue weighted by Crippen LogP contribution is -2.44. The smallest absolute Gasteiger partial charge is 0.397 e. The van der Waals surface area contributed by atoms with E-state index in [0.29, 0.717) is 30.0 Å². The number of nitrogens with zero attached hydrogens (tertiary/aromatic N) is 4. The highest BCUT2D eigenvalue weighted by atomic mass is 19.4. The fourth-order valence-corrected chi connectivity index (χ4v) is 4.35. The topological polar surface area (TPSA) is 89.8 Å². The molecule has 0 aliphatic carbocycles. The van der Waals surface area contributed by atoms with Crippen LogP contribution in [0.15, 0.2) is 61.1 Å². The lowest BCUT2D eigenvalue weighted by atomic mass is 10.1. The summed E-state index contributed by atoms with van der Waals surface area (Å²) < 4.78 is 54.8. The van der Waals surface area contributed by atoms with Gasteiger partial charge in [-0.2, -0.15) is 13.2 Å². The molecule has 4 rings (SSSR count). The van der Waals surface area contributed by atoms with E-state index in [0.717, 1.165) is 37.0 Å². The van der Waals surface area contributed by atoms with Crippen molar-refractivity contribution in [2.24, 2.45) is 5.73 Å². The van der Waals surface area contributed by atoms with Crippen LogP contribution in [-0.2, 0) is 6.18 Å². The van der Waals surface area contributed by atoms with Crippen molar-refractivity contribution in [3.63, 3.8) is 0 Å². The highest BCUT2D eigenvalue weighted by Crippen LogP contribution is 2.35. The average molecular weight is 558 g/mol. The molecule has 0 spiro atoms. The summed E-state index contributed by atoms with van der Waals surface area (Å²) in [6.45, 7) is 4.43. The minimum atomic E-state index is -4.57. The molecule has 1 saturated heterocycles. The molecule has 12 heteroatoms. The monoisotopic (exact) mass is 557 g/mol. The minimum Gasteiger partial charge on any atom is -0.397 e. The third-order valence-electron chi connectivity index (χ3n) is 6.65. The molecule has 0 unspecified atom stereocenters. The Labute approximate surface area is 230 Å². The van der Waals surface area contributed by atoms with E-state index in [-0.39, 0.29) is 16.9 Å². The van der Waals surface area contributed by atoms with E-state index < -0.39 is 23.5 Å². The Morgan fingerprint density at radius 2 is 1.77 bits per heavy atom. The van der Waals surface area contributed by atoms with Gasteiger partial charge >= 0.3 is 6.18 Å². The zero-order valence-electron chi connectivity index (χ0n) is 22.4. The predicted octanol–water partition coefficient (Wildman–Crippen LogP) is 4.45. The fraction of sp³-hybridized carbons (Fsp3) is 0.286. The highest BCUT2D eigenvalue weighted by Gasteiger charge is 2.32. The number of nitrogens with two attached hydrogens (primary N) is 1. The van der Waals surface area contributed by atoms with Crippen LogP contribution < -0.4 is 26.4 Å². The van der Waals surface area contributed by atoms with Crippen molar-refractivity contribution < 1.29 is 22.4 Å². The zero-order valence-corrected chi connectivity index (χ0v) is 22.4. The first-order chi connectivity index (χ1) is 18.9. The Balaban J connectivity index is 1.61. The van der Waals surface area contributed by atoms with Crippen LogP contribution in [0.25, 0.3) is 5.70 Å². The number of amides is 1. The molecule has 0 saturated carbocycles. The van der Waals surface area contributed by atoms with Crippen molar-refractivity contribution >= 4 is 28.7 Å². The van der Waals surface area contributed by atoms with Crippen LogP contribution in [0.2, 0.25) is 0 Å². The van der Waals surface area contributed by atoms with Crippen LogP contribution in [0.1, 0.15) is 27.0 Å². The molecule has 2 aromatic carbocycles. The van der Waals surface area contributed by atoms with Gasteiger partial charge in [-0.05, 0) is 55.9 Å². The number of nitrogens with one attached hydrogen (secondary N) is 2. The van der Waals surface area contributed by atoms with Crippen LogP contribution in [0.4, 0.5) is 34.6 Å². The number of hydrazine groups is 1. The number of pyridine rings is 1. The van der Waals surface area contributed by atoms with Crippen LogP contribution in [0.3, 0.4) is 0 Å². The number of carbonyl (C=O) groups excluding carboxylic acids is 1. The van der Waals surface area contributed by atoms with Gasteiger partial charge in [0.05, 0.1) is 23.1 Å². The maximum atomic E-state index is 13.7. The second kappa shape index (κ2) is 11.9. The standard InChI is InChI=1S/C28H31F4N7O/c1-18-4-5-19(11-26(18)39(34-2)17-25(33)20-10-22(29)16-35-15-20)27(40)36-23-12-21(28(30,31)32)13-24(14-23)38-8-6-37(3)7-9-38/h4-5,10-17,34H,6-9,33H2,1-3H3,(H,36,40)/b25-17-. The molecule has 1 aliphatic rings. The number of aryl methyl sites for hydroxylation is 1. The summed E-state index contributed by atoms with van der Waals surface area (Å²) in [5.74, 6) is -1.11. The molecule has 0 bridgehead atoms. The molecule has 4 N–H and O–H groups in total. The van der Waals surface area contributed by atoms with Crippen molar-refractivity contribution in [2.45, 2.75) is 13.1 Å². The van der Waals surface area contributed by atoms with Crippen LogP contribution in [0, 0.1) is 12.7 Å². The molecule has 3 aromatic rings. The van der Waals surface area contributed by atoms with Crippen molar-refractivity contribution in [1.29, 1.82) is 0 Å². The van der Waals surface area contributed by atoms with Gasteiger partial charge in [0.15, 0.2) is 0 Å². The number of rotatable bonds is 7. The Bertz CT molecular complexity index is 1400.